The molecule has 8 heteroatoms. The van der Waals surface area contributed by atoms with Gasteiger partial charge in [-0.25, -0.2) is 9.18 Å². The SMILES string of the molecule is O=C(NCC(O)C(O)c1c(F)cc(Br)cc1Br)OCc1ccccc1. The minimum Gasteiger partial charge on any atom is -0.445 e. The zero-order valence-electron chi connectivity index (χ0n) is 13.0. The summed E-state index contributed by atoms with van der Waals surface area (Å²) in [4.78, 5) is 11.6. The van der Waals surface area contributed by atoms with Crippen LogP contribution in [0.1, 0.15) is 17.2 Å². The monoisotopic (exact) mass is 475 g/mol. The van der Waals surface area contributed by atoms with Gasteiger partial charge in [0.1, 0.15) is 24.6 Å². The van der Waals surface area contributed by atoms with Crippen molar-refractivity contribution in [2.75, 3.05) is 6.54 Å². The van der Waals surface area contributed by atoms with Gasteiger partial charge in [-0.15, -0.1) is 0 Å². The number of hydrogen-bond acceptors (Lipinski definition) is 4. The van der Waals surface area contributed by atoms with Gasteiger partial charge in [-0.1, -0.05) is 62.2 Å². The fraction of sp³-hybridized carbons (Fsp3) is 0.235. The molecule has 1 amide bonds. The van der Waals surface area contributed by atoms with Crippen LogP contribution >= 0.6 is 31.9 Å². The molecule has 0 heterocycles. The fourth-order valence-electron chi connectivity index (χ4n) is 2.10. The highest BCUT2D eigenvalue weighted by Crippen LogP contribution is 2.31. The van der Waals surface area contributed by atoms with Gasteiger partial charge in [-0.3, -0.25) is 0 Å². The number of carbonyl (C=O) groups excluding carboxylic acids is 1. The van der Waals surface area contributed by atoms with Crippen molar-refractivity contribution in [1.82, 2.24) is 5.32 Å². The lowest BCUT2D eigenvalue weighted by Gasteiger charge is -2.20. The van der Waals surface area contributed by atoms with Gasteiger partial charge in [0.2, 0.25) is 0 Å². The molecule has 2 aromatic carbocycles. The highest BCUT2D eigenvalue weighted by atomic mass is 79.9. The molecule has 5 nitrogen and oxygen atoms in total. The minimum absolute atomic E-state index is 0.0816. The van der Waals surface area contributed by atoms with Crippen molar-refractivity contribution in [2.24, 2.45) is 0 Å². The molecule has 0 aliphatic heterocycles. The van der Waals surface area contributed by atoms with E-state index in [0.29, 0.717) is 8.95 Å². The number of aliphatic hydroxyl groups excluding tert-OH is 2. The van der Waals surface area contributed by atoms with E-state index < -0.39 is 24.1 Å². The summed E-state index contributed by atoms with van der Waals surface area (Å²) >= 11 is 6.28. The van der Waals surface area contributed by atoms with Gasteiger partial charge in [0.05, 0.1) is 0 Å². The van der Waals surface area contributed by atoms with Crippen molar-refractivity contribution >= 4 is 38.0 Å². The lowest BCUT2D eigenvalue weighted by molar-refractivity contribution is 0.0159. The number of ether oxygens (including phenoxy) is 1. The van der Waals surface area contributed by atoms with E-state index in [0.717, 1.165) is 5.56 Å². The van der Waals surface area contributed by atoms with Crippen molar-refractivity contribution in [3.63, 3.8) is 0 Å². The Balaban J connectivity index is 1.87. The first kappa shape index (κ1) is 19.8. The quantitative estimate of drug-likeness (QED) is 0.594. The van der Waals surface area contributed by atoms with Crippen LogP contribution in [0.2, 0.25) is 0 Å². The predicted octanol–water partition coefficient (Wildman–Crippen LogP) is 3.67. The molecule has 0 saturated heterocycles. The Morgan fingerprint density at radius 3 is 2.52 bits per heavy atom. The molecule has 2 aromatic rings. The molecule has 0 aliphatic carbocycles. The summed E-state index contributed by atoms with van der Waals surface area (Å²) in [7, 11) is 0. The van der Waals surface area contributed by atoms with Crippen LogP contribution in [0.15, 0.2) is 51.4 Å². The van der Waals surface area contributed by atoms with Crippen LogP contribution in [0.4, 0.5) is 9.18 Å². The summed E-state index contributed by atoms with van der Waals surface area (Å²) in [5.74, 6) is -0.681. The smallest absolute Gasteiger partial charge is 0.407 e. The van der Waals surface area contributed by atoms with Gasteiger partial charge in [0, 0.05) is 21.1 Å². The average molecular weight is 477 g/mol. The lowest BCUT2D eigenvalue weighted by Crippen LogP contribution is -2.36. The number of halogens is 3. The molecular weight excluding hydrogens is 461 g/mol. The second-order valence-electron chi connectivity index (χ2n) is 5.24. The molecular formula is C17H16Br2FNO4. The minimum atomic E-state index is -1.52. The summed E-state index contributed by atoms with van der Waals surface area (Å²) in [5.41, 5.74) is 0.731. The Morgan fingerprint density at radius 1 is 1.20 bits per heavy atom. The molecule has 2 unspecified atom stereocenters. The second kappa shape index (κ2) is 9.28. The third-order valence-corrected chi connectivity index (χ3v) is 4.49. The molecule has 0 aliphatic rings. The summed E-state index contributed by atoms with van der Waals surface area (Å²) in [6, 6.07) is 11.8. The maximum atomic E-state index is 14.0. The molecule has 2 atom stereocenters. The van der Waals surface area contributed by atoms with Gasteiger partial charge in [-0.2, -0.15) is 0 Å². The van der Waals surface area contributed by atoms with Gasteiger partial charge in [0.25, 0.3) is 0 Å². The van der Waals surface area contributed by atoms with Crippen molar-refractivity contribution in [3.8, 4) is 0 Å². The molecule has 0 aromatic heterocycles. The molecule has 0 bridgehead atoms. The number of alkyl carbamates (subject to hydrolysis) is 1. The number of nitrogens with one attached hydrogen (secondary N) is 1. The number of aliphatic hydroxyl groups is 2. The van der Waals surface area contributed by atoms with Crippen LogP contribution in [0.5, 0.6) is 0 Å². The van der Waals surface area contributed by atoms with Crippen LogP contribution in [0.25, 0.3) is 0 Å². The predicted molar refractivity (Wildman–Crippen MR) is 97.4 cm³/mol. The van der Waals surface area contributed by atoms with Gasteiger partial charge in [-0.05, 0) is 17.7 Å². The number of hydrogen-bond donors (Lipinski definition) is 3. The van der Waals surface area contributed by atoms with Gasteiger partial charge >= 0.3 is 6.09 Å². The Hall–Kier alpha value is -1.48. The molecule has 0 saturated carbocycles. The summed E-state index contributed by atoms with van der Waals surface area (Å²) < 4.78 is 19.8. The second-order valence-corrected chi connectivity index (χ2v) is 7.01. The number of benzene rings is 2. The first-order chi connectivity index (χ1) is 11.9. The molecule has 3 N–H and O–H groups in total. The van der Waals surface area contributed by atoms with Crippen LogP contribution in [0, 0.1) is 5.82 Å². The van der Waals surface area contributed by atoms with Gasteiger partial charge in [0.15, 0.2) is 0 Å². The summed E-state index contributed by atoms with van der Waals surface area (Å²) in [6.07, 6.45) is -3.67. The van der Waals surface area contributed by atoms with E-state index in [1.807, 2.05) is 18.2 Å². The Morgan fingerprint density at radius 2 is 1.88 bits per heavy atom. The number of carbonyl (C=O) groups is 1. The first-order valence-electron chi connectivity index (χ1n) is 7.33. The van der Waals surface area contributed by atoms with Crippen LogP contribution in [-0.2, 0) is 11.3 Å². The van der Waals surface area contributed by atoms with E-state index in [2.05, 4.69) is 37.2 Å². The van der Waals surface area contributed by atoms with Crippen molar-refractivity contribution < 1.29 is 24.1 Å². The Bertz CT molecular complexity index is 707. The fourth-order valence-corrected chi connectivity index (χ4v) is 3.51. The average Bonchev–Trinajstić information content (AvgIpc) is 2.57. The van der Waals surface area contributed by atoms with E-state index in [-0.39, 0.29) is 18.7 Å². The van der Waals surface area contributed by atoms with Crippen molar-refractivity contribution in [1.29, 1.82) is 0 Å². The summed E-state index contributed by atoms with van der Waals surface area (Å²) in [6.45, 7) is -0.213. The highest BCUT2D eigenvalue weighted by Gasteiger charge is 2.25. The van der Waals surface area contributed by atoms with E-state index >= 15 is 0 Å². The Labute approximate surface area is 161 Å². The van der Waals surface area contributed by atoms with E-state index in [4.69, 9.17) is 4.74 Å². The number of rotatable bonds is 6. The normalized spacial score (nSPS) is 13.2. The van der Waals surface area contributed by atoms with Crippen LogP contribution < -0.4 is 5.32 Å². The van der Waals surface area contributed by atoms with Crippen LogP contribution in [-0.4, -0.2) is 29.0 Å². The van der Waals surface area contributed by atoms with E-state index in [1.54, 1.807) is 18.2 Å². The standard InChI is InChI=1S/C17H16Br2FNO4/c18-11-6-12(19)15(13(20)7-11)16(23)14(22)8-21-17(24)25-9-10-4-2-1-3-5-10/h1-7,14,16,22-23H,8-9H2,(H,21,24). The maximum Gasteiger partial charge on any atom is 0.407 e. The molecule has 134 valence electrons. The maximum absolute atomic E-state index is 14.0. The first-order valence-corrected chi connectivity index (χ1v) is 8.92. The summed E-state index contributed by atoms with van der Waals surface area (Å²) in [5, 5.41) is 22.5. The van der Waals surface area contributed by atoms with E-state index in [1.165, 1.54) is 6.07 Å². The third kappa shape index (κ3) is 5.78. The van der Waals surface area contributed by atoms with Crippen LogP contribution in [0.3, 0.4) is 0 Å². The van der Waals surface area contributed by atoms with Crippen molar-refractivity contribution in [3.05, 3.63) is 68.4 Å². The molecule has 0 fully saturated rings. The van der Waals surface area contributed by atoms with Gasteiger partial charge < -0.3 is 20.3 Å². The van der Waals surface area contributed by atoms with E-state index in [9.17, 15) is 19.4 Å². The number of amides is 1. The largest absolute Gasteiger partial charge is 0.445 e. The zero-order valence-corrected chi connectivity index (χ0v) is 16.1. The highest BCUT2D eigenvalue weighted by molar-refractivity contribution is 9.11. The Kier molecular flexibility index (Phi) is 7.37. The lowest BCUT2D eigenvalue weighted by atomic mass is 10.0. The molecule has 0 radical (unpaired) electrons. The zero-order chi connectivity index (χ0) is 18.4. The molecule has 0 spiro atoms. The van der Waals surface area contributed by atoms with Crippen molar-refractivity contribution in [2.45, 2.75) is 18.8 Å². The third-order valence-electron chi connectivity index (χ3n) is 3.37. The molecule has 2 rings (SSSR count). The topological polar surface area (TPSA) is 78.8 Å². The molecule has 25 heavy (non-hydrogen) atoms.